The molecule has 0 heterocycles. The number of carbonyl (C=O) groups excluding carboxylic acids is 1. The van der Waals surface area contributed by atoms with Crippen molar-refractivity contribution in [3.05, 3.63) is 0 Å². The molecule has 2 aliphatic carbocycles. The fourth-order valence-electron chi connectivity index (χ4n) is 2.91. The lowest BCUT2D eigenvalue weighted by Crippen LogP contribution is -2.19. The molecular weight excluding hydrogens is 162 g/mol. The van der Waals surface area contributed by atoms with E-state index in [9.17, 15) is 4.79 Å². The molecule has 0 aromatic carbocycles. The van der Waals surface area contributed by atoms with Gasteiger partial charge in [-0.15, -0.1) is 0 Å². The van der Waals surface area contributed by atoms with Gasteiger partial charge in [0.05, 0.1) is 0 Å². The van der Waals surface area contributed by atoms with Crippen molar-refractivity contribution in [2.75, 3.05) is 0 Å². The van der Waals surface area contributed by atoms with Gasteiger partial charge in [0.2, 0.25) is 5.91 Å². The van der Waals surface area contributed by atoms with E-state index in [1.54, 1.807) is 0 Å². The van der Waals surface area contributed by atoms with E-state index in [4.69, 9.17) is 5.73 Å². The summed E-state index contributed by atoms with van der Waals surface area (Å²) in [6.45, 7) is 0. The summed E-state index contributed by atoms with van der Waals surface area (Å²) >= 11 is 0. The monoisotopic (exact) mass is 181 g/mol. The second kappa shape index (κ2) is 3.32. The van der Waals surface area contributed by atoms with Crippen molar-refractivity contribution in [1.82, 2.24) is 0 Å². The Balaban J connectivity index is 1.94. The average molecular weight is 181 g/mol. The van der Waals surface area contributed by atoms with Gasteiger partial charge in [-0.1, -0.05) is 32.1 Å². The van der Waals surface area contributed by atoms with Gasteiger partial charge in [0, 0.05) is 5.92 Å². The minimum absolute atomic E-state index is 0.0550. The van der Waals surface area contributed by atoms with E-state index in [-0.39, 0.29) is 11.8 Å². The number of rotatable bonds is 1. The van der Waals surface area contributed by atoms with Gasteiger partial charge in [-0.25, -0.2) is 0 Å². The van der Waals surface area contributed by atoms with Crippen LogP contribution in [-0.2, 0) is 4.79 Å². The Morgan fingerprint density at radius 2 is 1.62 bits per heavy atom. The zero-order chi connectivity index (χ0) is 9.31. The molecule has 1 amide bonds. The maximum Gasteiger partial charge on any atom is 0.221 e. The first-order chi connectivity index (χ1) is 6.25. The Morgan fingerprint density at radius 3 is 2.08 bits per heavy atom. The van der Waals surface area contributed by atoms with Crippen LogP contribution in [0.25, 0.3) is 0 Å². The standard InChI is InChI=1S/C11H19NO/c12-10(13)9-8-11(9)6-4-2-1-3-5-7-11/h9H,1-8H2,(H2,12,13). The van der Waals surface area contributed by atoms with Gasteiger partial charge in [-0.2, -0.15) is 0 Å². The van der Waals surface area contributed by atoms with Crippen LogP contribution in [0.3, 0.4) is 0 Å². The molecule has 2 aliphatic rings. The van der Waals surface area contributed by atoms with Gasteiger partial charge in [0.25, 0.3) is 0 Å². The first kappa shape index (κ1) is 9.04. The largest absolute Gasteiger partial charge is 0.369 e. The van der Waals surface area contributed by atoms with Crippen molar-refractivity contribution in [3.8, 4) is 0 Å². The van der Waals surface area contributed by atoms with E-state index >= 15 is 0 Å². The topological polar surface area (TPSA) is 43.1 Å². The summed E-state index contributed by atoms with van der Waals surface area (Å²) in [6, 6.07) is 0. The third-order valence-corrected chi connectivity index (χ3v) is 3.88. The molecule has 0 aromatic rings. The summed E-state index contributed by atoms with van der Waals surface area (Å²) < 4.78 is 0. The van der Waals surface area contributed by atoms with Gasteiger partial charge in [0.15, 0.2) is 0 Å². The molecule has 1 unspecified atom stereocenters. The molecule has 0 saturated heterocycles. The first-order valence-electron chi connectivity index (χ1n) is 5.54. The molecule has 74 valence electrons. The number of amides is 1. The molecule has 2 heteroatoms. The maximum atomic E-state index is 11.1. The highest BCUT2D eigenvalue weighted by Gasteiger charge is 2.55. The molecule has 0 radical (unpaired) electrons. The lowest BCUT2D eigenvalue weighted by atomic mass is 9.86. The highest BCUT2D eigenvalue weighted by molar-refractivity contribution is 5.80. The molecule has 2 rings (SSSR count). The molecule has 2 N–H and O–H groups in total. The van der Waals surface area contributed by atoms with Crippen LogP contribution in [0.15, 0.2) is 0 Å². The normalized spacial score (nSPS) is 32.2. The number of carbonyl (C=O) groups is 1. The van der Waals surface area contributed by atoms with Crippen molar-refractivity contribution < 1.29 is 4.79 Å². The summed E-state index contributed by atoms with van der Waals surface area (Å²) in [5.74, 6) is 0.172. The SMILES string of the molecule is NC(=O)C1CC12CCCCCCC2. The molecule has 2 nitrogen and oxygen atoms in total. The minimum Gasteiger partial charge on any atom is -0.369 e. The van der Waals surface area contributed by atoms with Crippen molar-refractivity contribution in [2.24, 2.45) is 17.1 Å². The van der Waals surface area contributed by atoms with Crippen LogP contribution in [0.4, 0.5) is 0 Å². The summed E-state index contributed by atoms with van der Waals surface area (Å²) in [5, 5.41) is 0. The second-order valence-electron chi connectivity index (χ2n) is 4.79. The number of nitrogens with two attached hydrogens (primary N) is 1. The van der Waals surface area contributed by atoms with E-state index in [1.807, 2.05) is 0 Å². The molecule has 1 spiro atoms. The second-order valence-corrected chi connectivity index (χ2v) is 4.79. The number of hydrogen-bond acceptors (Lipinski definition) is 1. The Hall–Kier alpha value is -0.530. The van der Waals surface area contributed by atoms with Crippen LogP contribution >= 0.6 is 0 Å². The Labute approximate surface area is 79.9 Å². The molecule has 13 heavy (non-hydrogen) atoms. The maximum absolute atomic E-state index is 11.1. The van der Waals surface area contributed by atoms with Crippen LogP contribution in [0.5, 0.6) is 0 Å². The van der Waals surface area contributed by atoms with E-state index in [0.717, 1.165) is 6.42 Å². The Kier molecular flexibility index (Phi) is 2.31. The zero-order valence-electron chi connectivity index (χ0n) is 8.22. The van der Waals surface area contributed by atoms with Gasteiger partial charge in [-0.05, 0) is 24.7 Å². The van der Waals surface area contributed by atoms with Crippen LogP contribution in [0, 0.1) is 11.3 Å². The Morgan fingerprint density at radius 1 is 1.08 bits per heavy atom. The van der Waals surface area contributed by atoms with E-state index in [0.29, 0.717) is 5.41 Å². The molecule has 0 bridgehead atoms. The first-order valence-corrected chi connectivity index (χ1v) is 5.54. The Bertz CT molecular complexity index is 204. The van der Waals surface area contributed by atoms with E-state index in [1.165, 1.54) is 44.9 Å². The minimum atomic E-state index is -0.0550. The summed E-state index contributed by atoms with van der Waals surface area (Å²) in [5.41, 5.74) is 5.72. The number of hydrogen-bond donors (Lipinski definition) is 1. The predicted octanol–water partition coefficient (Wildman–Crippen LogP) is 2.22. The molecule has 2 fully saturated rings. The highest BCUT2D eigenvalue weighted by atomic mass is 16.1. The van der Waals surface area contributed by atoms with Crippen molar-refractivity contribution >= 4 is 5.91 Å². The summed E-state index contributed by atoms with van der Waals surface area (Å²) in [6.07, 6.45) is 10.3. The smallest absolute Gasteiger partial charge is 0.221 e. The fraction of sp³-hybridized carbons (Fsp3) is 0.909. The lowest BCUT2D eigenvalue weighted by molar-refractivity contribution is -0.120. The zero-order valence-corrected chi connectivity index (χ0v) is 8.22. The third kappa shape index (κ3) is 1.72. The van der Waals surface area contributed by atoms with Gasteiger partial charge < -0.3 is 5.73 Å². The van der Waals surface area contributed by atoms with Crippen molar-refractivity contribution in [1.29, 1.82) is 0 Å². The molecule has 2 saturated carbocycles. The third-order valence-electron chi connectivity index (χ3n) is 3.88. The van der Waals surface area contributed by atoms with Gasteiger partial charge in [0.1, 0.15) is 0 Å². The molecule has 1 atom stereocenters. The van der Waals surface area contributed by atoms with Crippen molar-refractivity contribution in [3.63, 3.8) is 0 Å². The van der Waals surface area contributed by atoms with Crippen LogP contribution in [0.1, 0.15) is 51.4 Å². The lowest BCUT2D eigenvalue weighted by Gasteiger charge is -2.19. The number of primary amides is 1. The van der Waals surface area contributed by atoms with Crippen LogP contribution in [0.2, 0.25) is 0 Å². The molecule has 0 aromatic heterocycles. The fourth-order valence-corrected chi connectivity index (χ4v) is 2.91. The van der Waals surface area contributed by atoms with Crippen LogP contribution < -0.4 is 5.73 Å². The molecular formula is C11H19NO. The summed E-state index contributed by atoms with van der Waals surface area (Å²) in [4.78, 5) is 11.1. The molecule has 0 aliphatic heterocycles. The predicted molar refractivity (Wildman–Crippen MR) is 52.1 cm³/mol. The van der Waals surface area contributed by atoms with E-state index < -0.39 is 0 Å². The van der Waals surface area contributed by atoms with Crippen LogP contribution in [-0.4, -0.2) is 5.91 Å². The quantitative estimate of drug-likeness (QED) is 0.662. The van der Waals surface area contributed by atoms with Crippen molar-refractivity contribution in [2.45, 2.75) is 51.4 Å². The average Bonchev–Trinajstić information content (AvgIpc) is 2.73. The highest BCUT2D eigenvalue weighted by Crippen LogP contribution is 2.59. The van der Waals surface area contributed by atoms with E-state index in [2.05, 4.69) is 0 Å². The summed E-state index contributed by atoms with van der Waals surface area (Å²) in [7, 11) is 0. The van der Waals surface area contributed by atoms with Gasteiger partial charge in [-0.3, -0.25) is 4.79 Å². The van der Waals surface area contributed by atoms with Gasteiger partial charge >= 0.3 is 0 Å².